The van der Waals surface area contributed by atoms with Gasteiger partial charge < -0.3 is 10.6 Å². The quantitative estimate of drug-likeness (QED) is 0.846. The molecule has 154 valence electrons. The second-order valence-corrected chi connectivity index (χ2v) is 8.46. The lowest BCUT2D eigenvalue weighted by molar-refractivity contribution is -0.136. The number of rotatable bonds is 5. The molecule has 2 aliphatic heterocycles. The highest BCUT2D eigenvalue weighted by Gasteiger charge is 2.38. The number of carbonyl (C=O) groups excluding carboxylic acids is 1. The maximum absolute atomic E-state index is 13.5. The van der Waals surface area contributed by atoms with E-state index >= 15 is 0 Å². The van der Waals surface area contributed by atoms with E-state index < -0.39 is 0 Å². The van der Waals surface area contributed by atoms with Crippen LogP contribution in [0.5, 0.6) is 0 Å². The van der Waals surface area contributed by atoms with Crippen LogP contribution in [0.15, 0.2) is 54.6 Å². The number of amides is 1. The van der Waals surface area contributed by atoms with Crippen LogP contribution in [0.2, 0.25) is 0 Å². The fourth-order valence-corrected chi connectivity index (χ4v) is 4.92. The molecule has 1 amide bonds. The summed E-state index contributed by atoms with van der Waals surface area (Å²) in [5.41, 5.74) is 8.28. The summed E-state index contributed by atoms with van der Waals surface area (Å²) in [6.07, 6.45) is 1.93. The molecule has 4 rings (SSSR count). The van der Waals surface area contributed by atoms with Gasteiger partial charge in [0, 0.05) is 32.1 Å². The van der Waals surface area contributed by atoms with Crippen LogP contribution in [-0.2, 0) is 11.3 Å². The Morgan fingerprint density at radius 3 is 2.66 bits per heavy atom. The van der Waals surface area contributed by atoms with Crippen LogP contribution in [0, 0.1) is 17.7 Å². The van der Waals surface area contributed by atoms with Crippen molar-refractivity contribution in [2.75, 3.05) is 32.7 Å². The monoisotopic (exact) mass is 395 g/mol. The van der Waals surface area contributed by atoms with Crippen molar-refractivity contribution in [3.8, 4) is 0 Å². The number of nitrogens with zero attached hydrogens (tertiary/aromatic N) is 2. The lowest BCUT2D eigenvalue weighted by Crippen LogP contribution is -2.44. The zero-order chi connectivity index (χ0) is 20.2. The molecule has 5 heteroatoms. The van der Waals surface area contributed by atoms with Crippen LogP contribution < -0.4 is 5.73 Å². The normalized spacial score (nSPS) is 25.3. The molecule has 0 saturated carbocycles. The van der Waals surface area contributed by atoms with E-state index in [-0.39, 0.29) is 17.6 Å². The molecule has 2 heterocycles. The van der Waals surface area contributed by atoms with Crippen LogP contribution in [-0.4, -0.2) is 48.4 Å². The molecule has 2 aromatic carbocycles. The zero-order valence-corrected chi connectivity index (χ0v) is 16.8. The van der Waals surface area contributed by atoms with Gasteiger partial charge in [0.15, 0.2) is 0 Å². The highest BCUT2D eigenvalue weighted by Crippen LogP contribution is 2.33. The first-order valence-electron chi connectivity index (χ1n) is 10.6. The Hall–Kier alpha value is -2.24. The molecular formula is C24H30FN3O. The highest BCUT2D eigenvalue weighted by atomic mass is 19.1. The van der Waals surface area contributed by atoms with Gasteiger partial charge in [-0.2, -0.15) is 0 Å². The predicted octanol–water partition coefficient (Wildman–Crippen LogP) is 3.24. The Labute approximate surface area is 172 Å². The average molecular weight is 396 g/mol. The van der Waals surface area contributed by atoms with Gasteiger partial charge in [0.2, 0.25) is 5.91 Å². The molecule has 4 nitrogen and oxygen atoms in total. The maximum Gasteiger partial charge on any atom is 0.227 e. The Balaban J connectivity index is 1.40. The van der Waals surface area contributed by atoms with Gasteiger partial charge in [-0.15, -0.1) is 0 Å². The summed E-state index contributed by atoms with van der Waals surface area (Å²) >= 11 is 0. The van der Waals surface area contributed by atoms with Gasteiger partial charge in [0.1, 0.15) is 5.82 Å². The Bertz CT molecular complexity index is 828. The van der Waals surface area contributed by atoms with E-state index in [9.17, 15) is 9.18 Å². The number of halogens is 1. The topological polar surface area (TPSA) is 49.6 Å². The predicted molar refractivity (Wildman–Crippen MR) is 113 cm³/mol. The molecule has 29 heavy (non-hydrogen) atoms. The first-order valence-corrected chi connectivity index (χ1v) is 10.6. The molecule has 2 saturated heterocycles. The van der Waals surface area contributed by atoms with Crippen molar-refractivity contribution in [3.63, 3.8) is 0 Å². The smallest absolute Gasteiger partial charge is 0.227 e. The number of piperidine rings is 1. The third kappa shape index (κ3) is 4.68. The highest BCUT2D eigenvalue weighted by molar-refractivity contribution is 5.79. The van der Waals surface area contributed by atoms with Gasteiger partial charge in [0.25, 0.3) is 0 Å². The molecular weight excluding hydrogens is 365 g/mol. The average Bonchev–Trinajstić information content (AvgIpc) is 3.18. The first kappa shape index (κ1) is 20.0. The van der Waals surface area contributed by atoms with Crippen LogP contribution in [0.1, 0.15) is 29.9 Å². The molecule has 0 aromatic heterocycles. The molecule has 3 atom stereocenters. The van der Waals surface area contributed by atoms with E-state index in [0.29, 0.717) is 24.9 Å². The number of benzene rings is 2. The molecule has 0 aliphatic carbocycles. The first-order chi connectivity index (χ1) is 14.1. The number of nitrogens with two attached hydrogens (primary N) is 1. The lowest BCUT2D eigenvalue weighted by Gasteiger charge is -2.34. The van der Waals surface area contributed by atoms with Gasteiger partial charge >= 0.3 is 0 Å². The van der Waals surface area contributed by atoms with Gasteiger partial charge in [-0.25, -0.2) is 4.39 Å². The van der Waals surface area contributed by atoms with Gasteiger partial charge in [0.05, 0.1) is 5.92 Å². The van der Waals surface area contributed by atoms with Crippen molar-refractivity contribution < 1.29 is 9.18 Å². The Kier molecular flexibility index (Phi) is 6.26. The molecule has 1 unspecified atom stereocenters. The summed E-state index contributed by atoms with van der Waals surface area (Å²) in [6, 6.07) is 17.2. The molecule has 0 radical (unpaired) electrons. The summed E-state index contributed by atoms with van der Waals surface area (Å²) in [6.45, 7) is 4.49. The molecule has 2 N–H and O–H groups in total. The van der Waals surface area contributed by atoms with Crippen molar-refractivity contribution >= 4 is 5.91 Å². The van der Waals surface area contributed by atoms with Crippen LogP contribution >= 0.6 is 0 Å². The summed E-state index contributed by atoms with van der Waals surface area (Å²) in [5, 5.41) is 0. The van der Waals surface area contributed by atoms with Gasteiger partial charge in [-0.1, -0.05) is 42.5 Å². The molecule has 2 aromatic rings. The zero-order valence-electron chi connectivity index (χ0n) is 16.8. The largest absolute Gasteiger partial charge is 0.341 e. The van der Waals surface area contributed by atoms with Crippen molar-refractivity contribution in [2.45, 2.75) is 25.3 Å². The van der Waals surface area contributed by atoms with Crippen LogP contribution in [0.3, 0.4) is 0 Å². The van der Waals surface area contributed by atoms with Crippen LogP contribution in [0.4, 0.5) is 4.39 Å². The van der Waals surface area contributed by atoms with Crippen molar-refractivity contribution in [2.24, 2.45) is 17.6 Å². The lowest BCUT2D eigenvalue weighted by atomic mass is 9.89. The number of carbonyl (C=O) groups is 1. The van der Waals surface area contributed by atoms with Gasteiger partial charge in [-0.05, 0) is 55.1 Å². The van der Waals surface area contributed by atoms with Crippen molar-refractivity contribution in [1.82, 2.24) is 9.80 Å². The maximum atomic E-state index is 13.5. The minimum absolute atomic E-state index is 0.0188. The van der Waals surface area contributed by atoms with E-state index in [1.807, 2.05) is 17.0 Å². The van der Waals surface area contributed by atoms with E-state index in [4.69, 9.17) is 5.73 Å². The minimum Gasteiger partial charge on any atom is -0.341 e. The van der Waals surface area contributed by atoms with Crippen molar-refractivity contribution in [3.05, 3.63) is 71.5 Å². The van der Waals surface area contributed by atoms with E-state index in [0.717, 1.165) is 44.6 Å². The number of hydrogen-bond donors (Lipinski definition) is 1. The fourth-order valence-electron chi connectivity index (χ4n) is 4.92. The summed E-state index contributed by atoms with van der Waals surface area (Å²) in [4.78, 5) is 17.6. The molecule has 2 fully saturated rings. The summed E-state index contributed by atoms with van der Waals surface area (Å²) in [7, 11) is 0. The van der Waals surface area contributed by atoms with E-state index in [2.05, 4.69) is 29.2 Å². The summed E-state index contributed by atoms with van der Waals surface area (Å²) < 4.78 is 13.5. The van der Waals surface area contributed by atoms with E-state index in [1.54, 1.807) is 12.1 Å². The Morgan fingerprint density at radius 2 is 1.90 bits per heavy atom. The third-order valence-electron chi connectivity index (χ3n) is 6.43. The molecule has 0 spiro atoms. The Morgan fingerprint density at radius 1 is 1.07 bits per heavy atom. The van der Waals surface area contributed by atoms with Crippen molar-refractivity contribution in [1.29, 1.82) is 0 Å². The second-order valence-electron chi connectivity index (χ2n) is 8.46. The second kappa shape index (κ2) is 9.06. The fraction of sp³-hybridized carbons (Fsp3) is 0.458. The van der Waals surface area contributed by atoms with Gasteiger partial charge in [-0.3, -0.25) is 9.69 Å². The minimum atomic E-state index is -0.205. The molecule has 2 aliphatic rings. The molecule has 0 bridgehead atoms. The third-order valence-corrected chi connectivity index (χ3v) is 6.43. The van der Waals surface area contributed by atoms with Crippen LogP contribution in [0.25, 0.3) is 0 Å². The SMILES string of the molecule is NC[C@@H]1CN(C(=O)C2CCCN(Cc3cccc(F)c3)C2)C[C@H]1c1ccccc1. The summed E-state index contributed by atoms with van der Waals surface area (Å²) in [5.74, 6) is 0.700. The number of hydrogen-bond acceptors (Lipinski definition) is 3. The number of likely N-dealkylation sites (tertiary alicyclic amines) is 2. The van der Waals surface area contributed by atoms with E-state index in [1.165, 1.54) is 11.6 Å². The standard InChI is InChI=1S/C24H30FN3O/c25-22-10-4-6-18(12-22)14-27-11-5-9-20(15-27)24(29)28-16-21(13-26)23(17-28)19-7-2-1-3-8-19/h1-4,6-8,10,12,20-21,23H,5,9,11,13-17,26H2/t20?,21-,23+/m1/s1.